The zero-order valence-electron chi connectivity index (χ0n) is 18.6. The van der Waals surface area contributed by atoms with Gasteiger partial charge in [0.2, 0.25) is 0 Å². The lowest BCUT2D eigenvalue weighted by Gasteiger charge is -2.25. The minimum Gasteiger partial charge on any atom is -0.496 e. The number of hydrogen-bond donors (Lipinski definition) is 2. The molecule has 5 rings (SSSR count). The maximum Gasteiger partial charge on any atom is 0.407 e. The average Bonchev–Trinajstić information content (AvgIpc) is 3.39. The quantitative estimate of drug-likeness (QED) is 0.595. The van der Waals surface area contributed by atoms with E-state index in [1.165, 1.54) is 14.5 Å². The molecule has 0 aliphatic carbocycles. The Morgan fingerprint density at radius 2 is 2.06 bits per heavy atom. The topological polar surface area (TPSA) is 129 Å². The van der Waals surface area contributed by atoms with Crippen molar-refractivity contribution in [1.29, 1.82) is 0 Å². The lowest BCUT2D eigenvalue weighted by molar-refractivity contribution is 0.0719. The first-order chi connectivity index (χ1) is 16.5. The second kappa shape index (κ2) is 8.76. The molecule has 2 amide bonds. The zero-order chi connectivity index (χ0) is 23.8. The van der Waals surface area contributed by atoms with Gasteiger partial charge in [0, 0.05) is 32.0 Å². The second-order valence-corrected chi connectivity index (χ2v) is 8.43. The summed E-state index contributed by atoms with van der Waals surface area (Å²) in [5.74, 6) is -1.14. The van der Waals surface area contributed by atoms with E-state index in [-0.39, 0.29) is 37.6 Å². The predicted octanol–water partition coefficient (Wildman–Crippen LogP) is 1.67. The van der Waals surface area contributed by atoms with Crippen molar-refractivity contribution < 1.29 is 23.8 Å². The van der Waals surface area contributed by atoms with Gasteiger partial charge >= 0.3 is 6.09 Å². The predicted molar refractivity (Wildman–Crippen MR) is 116 cm³/mol. The summed E-state index contributed by atoms with van der Waals surface area (Å²) in [5.41, 5.74) is 2.33. The molecule has 0 spiro atoms. The number of halogens is 1. The number of H-pyrrole nitrogens is 1. The summed E-state index contributed by atoms with van der Waals surface area (Å²) in [5, 5.41) is 24.5. The normalized spacial score (nSPS) is 17.6. The first-order valence-corrected chi connectivity index (χ1v) is 11.0. The summed E-state index contributed by atoms with van der Waals surface area (Å²) in [6, 6.07) is 7.35. The Hall–Kier alpha value is -3.96. The molecule has 2 aromatic heterocycles. The molecule has 2 aliphatic heterocycles. The molecule has 0 saturated carbocycles. The Kier molecular flexibility index (Phi) is 5.64. The molecule has 11 nitrogen and oxygen atoms in total. The van der Waals surface area contributed by atoms with Crippen molar-refractivity contribution in [3.8, 4) is 5.75 Å². The SMILES string of the molecule is COc1ccccc1CC1CN(C(=O)O)CCn2nc(C(=O)N3CCc4[nH]nnc4C3)c(F)c21. The largest absolute Gasteiger partial charge is 0.496 e. The number of carboxylic acid groups (broad SMARTS) is 1. The van der Waals surface area contributed by atoms with Gasteiger partial charge in [0.1, 0.15) is 11.4 Å². The molecule has 34 heavy (non-hydrogen) atoms. The van der Waals surface area contributed by atoms with Crippen LogP contribution in [0, 0.1) is 5.82 Å². The van der Waals surface area contributed by atoms with Gasteiger partial charge in [-0.2, -0.15) is 5.10 Å². The number of aromatic amines is 1. The van der Waals surface area contributed by atoms with E-state index >= 15 is 4.39 Å². The van der Waals surface area contributed by atoms with E-state index < -0.39 is 23.7 Å². The summed E-state index contributed by atoms with van der Waals surface area (Å²) in [4.78, 5) is 27.7. The van der Waals surface area contributed by atoms with E-state index in [1.807, 2.05) is 18.2 Å². The summed E-state index contributed by atoms with van der Waals surface area (Å²) < 4.78 is 22.7. The summed E-state index contributed by atoms with van der Waals surface area (Å²) in [6.07, 6.45) is -0.201. The van der Waals surface area contributed by atoms with Crippen molar-refractivity contribution >= 4 is 12.0 Å². The first-order valence-electron chi connectivity index (χ1n) is 11.0. The van der Waals surface area contributed by atoms with Crippen molar-refractivity contribution in [3.05, 3.63) is 58.4 Å². The Labute approximate surface area is 194 Å². The molecule has 1 unspecified atom stereocenters. The molecule has 178 valence electrons. The van der Waals surface area contributed by atoms with Crippen molar-refractivity contribution in [2.24, 2.45) is 0 Å². The monoisotopic (exact) mass is 469 g/mol. The van der Waals surface area contributed by atoms with Crippen LogP contribution >= 0.6 is 0 Å². The molecule has 1 aromatic carbocycles. The Bertz CT molecular complexity index is 1240. The van der Waals surface area contributed by atoms with Gasteiger partial charge in [-0.05, 0) is 18.1 Å². The molecule has 0 radical (unpaired) electrons. The summed E-state index contributed by atoms with van der Waals surface area (Å²) in [7, 11) is 1.55. The fraction of sp³-hybridized carbons (Fsp3) is 0.409. The van der Waals surface area contributed by atoms with E-state index in [2.05, 4.69) is 20.5 Å². The molecule has 0 bridgehead atoms. The van der Waals surface area contributed by atoms with Crippen LogP contribution in [0.3, 0.4) is 0 Å². The fourth-order valence-electron chi connectivity index (χ4n) is 4.71. The van der Waals surface area contributed by atoms with E-state index in [4.69, 9.17) is 4.74 Å². The van der Waals surface area contributed by atoms with Crippen LogP contribution in [-0.2, 0) is 25.9 Å². The number of carbonyl (C=O) groups excluding carboxylic acids is 1. The molecule has 0 fully saturated rings. The highest BCUT2D eigenvalue weighted by atomic mass is 19.1. The summed E-state index contributed by atoms with van der Waals surface area (Å²) >= 11 is 0. The first kappa shape index (κ1) is 21.9. The highest BCUT2D eigenvalue weighted by Gasteiger charge is 2.36. The van der Waals surface area contributed by atoms with Crippen LogP contribution in [0.5, 0.6) is 5.75 Å². The van der Waals surface area contributed by atoms with Gasteiger partial charge in [-0.3, -0.25) is 14.6 Å². The number of benzene rings is 1. The smallest absolute Gasteiger partial charge is 0.407 e. The van der Waals surface area contributed by atoms with Crippen molar-refractivity contribution in [2.45, 2.75) is 31.8 Å². The molecule has 12 heteroatoms. The van der Waals surface area contributed by atoms with Crippen LogP contribution in [0.1, 0.15) is 39.1 Å². The number of nitrogens with one attached hydrogen (secondary N) is 1. The van der Waals surface area contributed by atoms with E-state index in [0.29, 0.717) is 30.8 Å². The lowest BCUT2D eigenvalue weighted by atomic mass is 9.94. The van der Waals surface area contributed by atoms with Crippen LogP contribution in [0.2, 0.25) is 0 Å². The minimum absolute atomic E-state index is 0.0790. The summed E-state index contributed by atoms with van der Waals surface area (Å²) in [6.45, 7) is 1.00. The van der Waals surface area contributed by atoms with Crippen molar-refractivity contribution in [3.63, 3.8) is 0 Å². The number of methoxy groups -OCH3 is 1. The number of para-hydroxylation sites is 1. The standard InChI is InChI=1S/C22H24FN7O4/c1-34-17-5-3-2-4-13(17)10-14-11-29(22(32)33)8-9-30-20(14)18(23)19(26-30)21(31)28-7-6-15-16(12-28)25-27-24-15/h2-5,14H,6-12H2,1H3,(H,32,33)(H,24,25,27). The van der Waals surface area contributed by atoms with Gasteiger partial charge in [-0.1, -0.05) is 23.4 Å². The molecular weight excluding hydrogens is 445 g/mol. The number of fused-ring (bicyclic) bond motifs is 2. The van der Waals surface area contributed by atoms with Crippen LogP contribution in [0.25, 0.3) is 0 Å². The number of nitrogens with zero attached hydrogens (tertiary/aromatic N) is 6. The van der Waals surface area contributed by atoms with Crippen molar-refractivity contribution in [2.75, 3.05) is 26.7 Å². The maximum atomic E-state index is 15.8. The van der Waals surface area contributed by atoms with Crippen LogP contribution < -0.4 is 4.74 Å². The third-order valence-corrected chi connectivity index (χ3v) is 6.44. The number of amides is 2. The van der Waals surface area contributed by atoms with Gasteiger partial charge < -0.3 is 19.6 Å². The van der Waals surface area contributed by atoms with E-state index in [1.54, 1.807) is 13.2 Å². The van der Waals surface area contributed by atoms with Crippen molar-refractivity contribution in [1.82, 2.24) is 35.0 Å². The highest BCUT2D eigenvalue weighted by Crippen LogP contribution is 2.32. The van der Waals surface area contributed by atoms with E-state index in [0.717, 1.165) is 11.3 Å². The third kappa shape index (κ3) is 3.84. The van der Waals surface area contributed by atoms with E-state index in [9.17, 15) is 14.7 Å². The van der Waals surface area contributed by atoms with Gasteiger partial charge in [0.15, 0.2) is 11.5 Å². The molecule has 3 aromatic rings. The Balaban J connectivity index is 1.49. The minimum atomic E-state index is -1.08. The molecule has 2 N–H and O–H groups in total. The van der Waals surface area contributed by atoms with Gasteiger partial charge in [0.25, 0.3) is 5.91 Å². The Morgan fingerprint density at radius 3 is 2.85 bits per heavy atom. The molecule has 1 atom stereocenters. The van der Waals surface area contributed by atoms with Gasteiger partial charge in [-0.25, -0.2) is 9.18 Å². The molecular formula is C22H24FN7O4. The number of aromatic nitrogens is 5. The molecule has 2 aliphatic rings. The lowest BCUT2D eigenvalue weighted by Crippen LogP contribution is -2.37. The fourth-order valence-corrected chi connectivity index (χ4v) is 4.71. The van der Waals surface area contributed by atoms with Crippen LogP contribution in [-0.4, -0.2) is 78.8 Å². The second-order valence-electron chi connectivity index (χ2n) is 8.43. The van der Waals surface area contributed by atoms with Crippen LogP contribution in [0.4, 0.5) is 9.18 Å². The number of hydrogen-bond acceptors (Lipinski definition) is 6. The number of rotatable bonds is 4. The maximum absolute atomic E-state index is 15.8. The van der Waals surface area contributed by atoms with Gasteiger partial charge in [-0.15, -0.1) is 5.10 Å². The third-order valence-electron chi connectivity index (χ3n) is 6.44. The number of ether oxygens (including phenoxy) is 1. The molecule has 4 heterocycles. The zero-order valence-corrected chi connectivity index (χ0v) is 18.6. The molecule has 0 saturated heterocycles. The van der Waals surface area contributed by atoms with Crippen LogP contribution in [0.15, 0.2) is 24.3 Å². The average molecular weight is 469 g/mol. The Morgan fingerprint density at radius 1 is 1.24 bits per heavy atom. The highest BCUT2D eigenvalue weighted by molar-refractivity contribution is 5.93. The number of carbonyl (C=O) groups is 2. The van der Waals surface area contributed by atoms with Gasteiger partial charge in [0.05, 0.1) is 31.6 Å².